The van der Waals surface area contributed by atoms with Crippen LogP contribution >= 0.6 is 0 Å². The molecule has 0 radical (unpaired) electrons. The fourth-order valence-corrected chi connectivity index (χ4v) is 7.90. The maximum Gasteiger partial charge on any atom is 0.244 e. The summed E-state index contributed by atoms with van der Waals surface area (Å²) in [4.78, 5) is 13.4. The highest BCUT2D eigenvalue weighted by Gasteiger charge is 2.52. The Balaban J connectivity index is 1.33. The Morgan fingerprint density at radius 1 is 0.939 bits per heavy atom. The number of anilines is 1. The second-order valence-corrected chi connectivity index (χ2v) is 12.2. The van der Waals surface area contributed by atoms with E-state index in [1.54, 1.807) is 31.2 Å². The van der Waals surface area contributed by atoms with Crippen molar-refractivity contribution in [2.75, 3.05) is 10.6 Å². The minimum absolute atomic E-state index is 0.156. The lowest BCUT2D eigenvalue weighted by Gasteiger charge is -2.57. The van der Waals surface area contributed by atoms with Gasteiger partial charge in [-0.25, -0.2) is 8.42 Å². The third-order valence-electron chi connectivity index (χ3n) is 7.59. The highest BCUT2D eigenvalue weighted by atomic mass is 32.2. The Hall–Kier alpha value is -2.54. The fourth-order valence-electron chi connectivity index (χ4n) is 6.72. The lowest BCUT2D eigenvalue weighted by molar-refractivity contribution is -0.127. The number of ether oxygens (including phenoxy) is 1. The molecule has 1 N–H and O–H groups in total. The van der Waals surface area contributed by atoms with Crippen LogP contribution in [0.4, 0.5) is 5.69 Å². The topological polar surface area (TPSA) is 75.7 Å². The van der Waals surface area contributed by atoms with Crippen LogP contribution in [0.2, 0.25) is 0 Å². The van der Waals surface area contributed by atoms with Crippen molar-refractivity contribution in [1.82, 2.24) is 5.32 Å². The quantitative estimate of drug-likeness (QED) is 0.638. The molecule has 33 heavy (non-hydrogen) atoms. The predicted octanol–water partition coefficient (Wildman–Crippen LogP) is 4.72. The molecule has 2 aromatic carbocycles. The van der Waals surface area contributed by atoms with Crippen LogP contribution in [0, 0.1) is 17.8 Å². The molecule has 0 aromatic heterocycles. The first-order valence-electron chi connectivity index (χ1n) is 11.9. The van der Waals surface area contributed by atoms with Gasteiger partial charge in [-0.1, -0.05) is 18.2 Å². The van der Waals surface area contributed by atoms with Crippen LogP contribution in [0.5, 0.6) is 11.5 Å². The normalized spacial score (nSPS) is 28.8. The van der Waals surface area contributed by atoms with E-state index in [0.29, 0.717) is 34.9 Å². The molecular weight excluding hydrogens is 436 g/mol. The number of hydrogen-bond acceptors (Lipinski definition) is 4. The van der Waals surface area contributed by atoms with Gasteiger partial charge in [0.05, 0.1) is 11.9 Å². The van der Waals surface area contributed by atoms with Crippen molar-refractivity contribution >= 4 is 21.6 Å². The van der Waals surface area contributed by atoms with Gasteiger partial charge in [-0.3, -0.25) is 9.10 Å². The Morgan fingerprint density at radius 2 is 1.45 bits per heavy atom. The van der Waals surface area contributed by atoms with Crippen molar-refractivity contribution in [1.29, 1.82) is 0 Å². The van der Waals surface area contributed by atoms with Crippen molar-refractivity contribution in [3.05, 3.63) is 54.6 Å². The Bertz CT molecular complexity index is 1080. The summed E-state index contributed by atoms with van der Waals surface area (Å²) in [5, 5.41) is 3.32. The zero-order valence-corrected chi connectivity index (χ0v) is 20.1. The van der Waals surface area contributed by atoms with Gasteiger partial charge in [0.25, 0.3) is 0 Å². The largest absolute Gasteiger partial charge is 0.457 e. The number of nitrogens with zero attached hydrogens (tertiary/aromatic N) is 1. The lowest BCUT2D eigenvalue weighted by atomic mass is 9.53. The van der Waals surface area contributed by atoms with Crippen molar-refractivity contribution in [2.24, 2.45) is 17.8 Å². The van der Waals surface area contributed by atoms with Gasteiger partial charge >= 0.3 is 0 Å². The molecule has 0 unspecified atom stereocenters. The monoisotopic (exact) mass is 468 g/mol. The Kier molecular flexibility index (Phi) is 5.63. The van der Waals surface area contributed by atoms with Crippen LogP contribution in [-0.2, 0) is 14.8 Å². The number of nitrogens with one attached hydrogen (secondary N) is 1. The molecule has 6 nitrogen and oxygen atoms in total. The molecule has 6 rings (SSSR count). The van der Waals surface area contributed by atoms with Gasteiger partial charge in [0.1, 0.15) is 17.5 Å². The summed E-state index contributed by atoms with van der Waals surface area (Å²) in [6, 6.07) is 15.4. The molecule has 4 saturated carbocycles. The smallest absolute Gasteiger partial charge is 0.244 e. The van der Waals surface area contributed by atoms with E-state index < -0.39 is 16.1 Å². The number of amides is 1. The zero-order chi connectivity index (χ0) is 23.2. The average molecular weight is 469 g/mol. The third-order valence-corrected chi connectivity index (χ3v) is 8.83. The van der Waals surface area contributed by atoms with Gasteiger partial charge in [0.15, 0.2) is 0 Å². The van der Waals surface area contributed by atoms with E-state index in [4.69, 9.17) is 4.74 Å². The Morgan fingerprint density at radius 3 is 1.97 bits per heavy atom. The molecule has 4 aliphatic rings. The number of sulfonamides is 1. The van der Waals surface area contributed by atoms with E-state index in [-0.39, 0.29) is 11.4 Å². The first-order valence-corrected chi connectivity index (χ1v) is 13.7. The van der Waals surface area contributed by atoms with E-state index in [0.717, 1.165) is 25.5 Å². The number of carbonyl (C=O) groups is 1. The molecule has 176 valence electrons. The molecule has 0 spiro atoms. The van der Waals surface area contributed by atoms with Crippen LogP contribution < -0.4 is 14.4 Å². The molecule has 4 fully saturated rings. The molecule has 1 atom stereocenters. The number of benzene rings is 2. The number of rotatable bonds is 7. The van der Waals surface area contributed by atoms with Crippen molar-refractivity contribution in [3.63, 3.8) is 0 Å². The molecule has 0 saturated heterocycles. The fraction of sp³-hybridized carbons (Fsp3) is 0.500. The second kappa shape index (κ2) is 8.35. The standard InChI is InChI=1S/C26H32N2O4S/c1-18(25(29)27-26-15-19-12-20(16-26)14-21(13-19)17-26)28(33(2,30)31)22-8-10-24(11-9-22)32-23-6-4-3-5-7-23/h3-11,18-21H,12-17H2,1-2H3,(H,27,29)/t18-,19?,20?,21?,26?/m1/s1. The van der Waals surface area contributed by atoms with E-state index in [2.05, 4.69) is 5.32 Å². The highest BCUT2D eigenvalue weighted by molar-refractivity contribution is 7.92. The number of hydrogen-bond donors (Lipinski definition) is 1. The minimum Gasteiger partial charge on any atom is -0.457 e. The van der Waals surface area contributed by atoms with Gasteiger partial charge in [-0.2, -0.15) is 0 Å². The molecule has 4 bridgehead atoms. The summed E-state index contributed by atoms with van der Waals surface area (Å²) >= 11 is 0. The van der Waals surface area contributed by atoms with E-state index in [1.165, 1.54) is 23.6 Å². The zero-order valence-electron chi connectivity index (χ0n) is 19.2. The molecule has 2 aromatic rings. The predicted molar refractivity (Wildman–Crippen MR) is 129 cm³/mol. The van der Waals surface area contributed by atoms with Crippen molar-refractivity contribution in [2.45, 2.75) is 57.0 Å². The summed E-state index contributed by atoms with van der Waals surface area (Å²) in [6.07, 6.45) is 8.11. The number of para-hydroxylation sites is 1. The summed E-state index contributed by atoms with van der Waals surface area (Å²) < 4.78 is 32.5. The van der Waals surface area contributed by atoms with E-state index >= 15 is 0 Å². The first kappa shape index (κ1) is 22.3. The maximum absolute atomic E-state index is 13.4. The molecule has 1 amide bonds. The average Bonchev–Trinajstić information content (AvgIpc) is 2.73. The van der Waals surface area contributed by atoms with Crippen LogP contribution in [0.1, 0.15) is 45.4 Å². The van der Waals surface area contributed by atoms with Gasteiger partial charge in [-0.05, 0) is 99.6 Å². The van der Waals surface area contributed by atoms with Crippen LogP contribution in [0.25, 0.3) is 0 Å². The van der Waals surface area contributed by atoms with E-state index in [1.807, 2.05) is 30.3 Å². The third kappa shape index (κ3) is 4.60. The molecule has 7 heteroatoms. The SMILES string of the molecule is C[C@H](C(=O)NC12CC3CC(CC(C3)C1)C2)N(c1ccc(Oc2ccccc2)cc1)S(C)(=O)=O. The van der Waals surface area contributed by atoms with Crippen LogP contribution in [0.15, 0.2) is 54.6 Å². The van der Waals surface area contributed by atoms with E-state index in [9.17, 15) is 13.2 Å². The molecule has 0 aliphatic heterocycles. The minimum atomic E-state index is -3.67. The van der Waals surface area contributed by atoms with Crippen LogP contribution in [-0.4, -0.2) is 32.2 Å². The summed E-state index contributed by atoms with van der Waals surface area (Å²) in [6.45, 7) is 1.67. The van der Waals surface area contributed by atoms with Gasteiger partial charge in [0, 0.05) is 5.54 Å². The lowest BCUT2D eigenvalue weighted by Crippen LogP contribution is -2.62. The maximum atomic E-state index is 13.4. The van der Waals surface area contributed by atoms with Crippen molar-refractivity contribution in [3.8, 4) is 11.5 Å². The van der Waals surface area contributed by atoms with Crippen molar-refractivity contribution < 1.29 is 17.9 Å². The van der Waals surface area contributed by atoms with Crippen LogP contribution in [0.3, 0.4) is 0 Å². The van der Waals surface area contributed by atoms with Gasteiger partial charge in [-0.15, -0.1) is 0 Å². The summed E-state index contributed by atoms with van der Waals surface area (Å²) in [7, 11) is -3.67. The van der Waals surface area contributed by atoms with Gasteiger partial charge in [0.2, 0.25) is 15.9 Å². The highest BCUT2D eigenvalue weighted by Crippen LogP contribution is 2.55. The molecular formula is C26H32N2O4S. The first-order chi connectivity index (χ1) is 15.7. The second-order valence-electron chi connectivity index (χ2n) is 10.3. The number of carbonyl (C=O) groups excluding carboxylic acids is 1. The summed E-state index contributed by atoms with van der Waals surface area (Å²) in [5.41, 5.74) is 0.294. The summed E-state index contributed by atoms with van der Waals surface area (Å²) in [5.74, 6) is 3.20. The molecule has 0 heterocycles. The Labute approximate surface area is 196 Å². The van der Waals surface area contributed by atoms with Gasteiger partial charge < -0.3 is 10.1 Å². The molecule has 4 aliphatic carbocycles.